The lowest BCUT2D eigenvalue weighted by Gasteiger charge is -2.25. The minimum absolute atomic E-state index is 0.644. The van der Waals surface area contributed by atoms with Crippen molar-refractivity contribution in [3.05, 3.63) is 0 Å². The summed E-state index contributed by atoms with van der Waals surface area (Å²) in [5.74, 6) is -0.0350. The molecule has 4 nitrogen and oxygen atoms in total. The van der Waals surface area contributed by atoms with Crippen molar-refractivity contribution < 1.29 is 14.6 Å². The minimum Gasteiger partial charge on any atom is -0.480 e. The Labute approximate surface area is 117 Å². The third-order valence-electron chi connectivity index (χ3n) is 3.32. The van der Waals surface area contributed by atoms with Crippen molar-refractivity contribution in [1.29, 1.82) is 0 Å². The molecule has 0 aromatic heterocycles. The molecule has 0 aliphatic rings. The van der Waals surface area contributed by atoms with Gasteiger partial charge in [0.25, 0.3) is 0 Å². The molecule has 2 N–H and O–H groups in total. The van der Waals surface area contributed by atoms with E-state index in [0.29, 0.717) is 13.0 Å². The summed E-state index contributed by atoms with van der Waals surface area (Å²) in [5.41, 5.74) is -0.799. The molecule has 19 heavy (non-hydrogen) atoms. The van der Waals surface area contributed by atoms with Crippen LogP contribution < -0.4 is 5.32 Å². The highest BCUT2D eigenvalue weighted by atomic mass is 16.5. The van der Waals surface area contributed by atoms with Crippen molar-refractivity contribution in [2.75, 3.05) is 19.8 Å². The van der Waals surface area contributed by atoms with Gasteiger partial charge in [-0.3, -0.25) is 4.79 Å². The highest BCUT2D eigenvalue weighted by Gasteiger charge is 2.30. The summed E-state index contributed by atoms with van der Waals surface area (Å²) in [6.07, 6.45) is 4.76. The van der Waals surface area contributed by atoms with E-state index in [-0.39, 0.29) is 0 Å². The van der Waals surface area contributed by atoms with Gasteiger partial charge in [0.05, 0.1) is 0 Å². The number of unbranched alkanes of at least 4 members (excludes halogenated alkanes) is 1. The number of nitrogens with one attached hydrogen (secondary N) is 1. The zero-order valence-corrected chi connectivity index (χ0v) is 13.0. The van der Waals surface area contributed by atoms with Crippen LogP contribution >= 0.6 is 0 Å². The second-order valence-electron chi connectivity index (χ2n) is 5.77. The molecule has 0 heterocycles. The van der Waals surface area contributed by atoms with E-state index in [1.165, 1.54) is 6.42 Å². The predicted octanol–water partition coefficient (Wildman–Crippen LogP) is 3.06. The van der Waals surface area contributed by atoms with Crippen LogP contribution in [0.4, 0.5) is 0 Å². The highest BCUT2D eigenvalue weighted by Crippen LogP contribution is 2.14. The van der Waals surface area contributed by atoms with Crippen molar-refractivity contribution in [2.45, 2.75) is 65.3 Å². The van der Waals surface area contributed by atoms with Gasteiger partial charge in [0.15, 0.2) is 0 Å². The van der Waals surface area contributed by atoms with Crippen LogP contribution in [0.1, 0.15) is 59.8 Å². The quantitative estimate of drug-likeness (QED) is 0.537. The normalized spacial score (nSPS) is 14.6. The van der Waals surface area contributed by atoms with Crippen molar-refractivity contribution in [1.82, 2.24) is 5.32 Å². The van der Waals surface area contributed by atoms with Gasteiger partial charge in [-0.2, -0.15) is 0 Å². The first-order valence-electron chi connectivity index (χ1n) is 7.48. The summed E-state index contributed by atoms with van der Waals surface area (Å²) in [6, 6.07) is 0. The van der Waals surface area contributed by atoms with Crippen LogP contribution in [0, 0.1) is 5.92 Å². The second kappa shape index (κ2) is 10.2. The summed E-state index contributed by atoms with van der Waals surface area (Å²) >= 11 is 0. The molecule has 0 aliphatic heterocycles. The summed E-state index contributed by atoms with van der Waals surface area (Å²) in [5, 5.41) is 12.2. The molecule has 0 radical (unpaired) electrons. The SMILES string of the molecule is CCNC(C)(CCCCOCCCC(C)C)C(=O)O. The van der Waals surface area contributed by atoms with Crippen LogP contribution in [-0.4, -0.2) is 36.4 Å². The number of hydrogen-bond acceptors (Lipinski definition) is 3. The fourth-order valence-corrected chi connectivity index (χ4v) is 2.04. The highest BCUT2D eigenvalue weighted by molar-refractivity contribution is 5.78. The van der Waals surface area contributed by atoms with Gasteiger partial charge in [-0.05, 0) is 51.5 Å². The Kier molecular flexibility index (Phi) is 9.88. The van der Waals surface area contributed by atoms with Gasteiger partial charge in [0.2, 0.25) is 0 Å². The van der Waals surface area contributed by atoms with Crippen LogP contribution in [0.15, 0.2) is 0 Å². The van der Waals surface area contributed by atoms with E-state index in [4.69, 9.17) is 4.74 Å². The van der Waals surface area contributed by atoms with Crippen LogP contribution in [-0.2, 0) is 9.53 Å². The fraction of sp³-hybridized carbons (Fsp3) is 0.933. The number of rotatable bonds is 12. The molecule has 0 rings (SSSR count). The van der Waals surface area contributed by atoms with Crippen molar-refractivity contribution in [3.8, 4) is 0 Å². The Morgan fingerprint density at radius 3 is 2.42 bits per heavy atom. The van der Waals surface area contributed by atoms with Gasteiger partial charge in [0.1, 0.15) is 5.54 Å². The van der Waals surface area contributed by atoms with Crippen LogP contribution in [0.3, 0.4) is 0 Å². The molecular formula is C15H31NO3. The molecule has 0 saturated heterocycles. The van der Waals surface area contributed by atoms with Gasteiger partial charge in [-0.1, -0.05) is 20.8 Å². The molecule has 0 spiro atoms. The molecule has 0 saturated carbocycles. The predicted molar refractivity (Wildman–Crippen MR) is 78.5 cm³/mol. The molecule has 0 aromatic rings. The number of likely N-dealkylation sites (N-methyl/N-ethyl adjacent to an activating group) is 1. The Morgan fingerprint density at radius 1 is 1.26 bits per heavy atom. The largest absolute Gasteiger partial charge is 0.480 e. The molecule has 0 aliphatic carbocycles. The molecular weight excluding hydrogens is 242 g/mol. The van der Waals surface area contributed by atoms with E-state index in [0.717, 1.165) is 38.4 Å². The van der Waals surface area contributed by atoms with Crippen LogP contribution in [0.2, 0.25) is 0 Å². The maximum absolute atomic E-state index is 11.2. The second-order valence-corrected chi connectivity index (χ2v) is 5.77. The van der Waals surface area contributed by atoms with E-state index in [1.807, 2.05) is 6.92 Å². The number of ether oxygens (including phenoxy) is 1. The lowest BCUT2D eigenvalue weighted by atomic mass is 9.95. The Bertz CT molecular complexity index is 244. The molecule has 0 aromatic carbocycles. The van der Waals surface area contributed by atoms with Crippen LogP contribution in [0.25, 0.3) is 0 Å². The Morgan fingerprint density at radius 2 is 1.89 bits per heavy atom. The Hall–Kier alpha value is -0.610. The first-order chi connectivity index (χ1) is 8.92. The summed E-state index contributed by atoms with van der Waals surface area (Å²) in [4.78, 5) is 11.2. The van der Waals surface area contributed by atoms with Crippen LogP contribution in [0.5, 0.6) is 0 Å². The zero-order chi connectivity index (χ0) is 14.7. The Balaban J connectivity index is 3.59. The van der Waals surface area contributed by atoms with E-state index < -0.39 is 11.5 Å². The fourth-order valence-electron chi connectivity index (χ4n) is 2.04. The van der Waals surface area contributed by atoms with E-state index in [2.05, 4.69) is 19.2 Å². The third-order valence-corrected chi connectivity index (χ3v) is 3.32. The van der Waals surface area contributed by atoms with Gasteiger partial charge >= 0.3 is 5.97 Å². The van der Waals surface area contributed by atoms with Gasteiger partial charge in [-0.15, -0.1) is 0 Å². The standard InChI is InChI=1S/C15H31NO3/c1-5-16-15(4,14(17)18)10-6-7-11-19-12-8-9-13(2)3/h13,16H,5-12H2,1-4H3,(H,17,18). The molecule has 114 valence electrons. The van der Waals surface area contributed by atoms with E-state index >= 15 is 0 Å². The number of carboxylic acid groups (broad SMARTS) is 1. The van der Waals surface area contributed by atoms with Crippen molar-refractivity contribution in [2.24, 2.45) is 5.92 Å². The van der Waals surface area contributed by atoms with Gasteiger partial charge in [0, 0.05) is 13.2 Å². The maximum atomic E-state index is 11.2. The molecule has 0 amide bonds. The molecule has 0 bridgehead atoms. The first-order valence-corrected chi connectivity index (χ1v) is 7.48. The summed E-state index contributed by atoms with van der Waals surface area (Å²) < 4.78 is 5.55. The number of hydrogen-bond donors (Lipinski definition) is 2. The number of carbonyl (C=O) groups is 1. The third kappa shape index (κ3) is 9.00. The lowest BCUT2D eigenvalue weighted by Crippen LogP contribution is -2.49. The average Bonchev–Trinajstić information content (AvgIpc) is 2.32. The molecule has 0 fully saturated rings. The lowest BCUT2D eigenvalue weighted by molar-refractivity contribution is -0.144. The molecule has 1 atom stereocenters. The number of aliphatic carboxylic acids is 1. The van der Waals surface area contributed by atoms with E-state index in [9.17, 15) is 9.90 Å². The molecule has 1 unspecified atom stereocenters. The zero-order valence-electron chi connectivity index (χ0n) is 13.0. The number of carboxylic acids is 1. The monoisotopic (exact) mass is 273 g/mol. The first kappa shape index (κ1) is 18.4. The van der Waals surface area contributed by atoms with Crippen molar-refractivity contribution >= 4 is 5.97 Å². The maximum Gasteiger partial charge on any atom is 0.323 e. The van der Waals surface area contributed by atoms with Gasteiger partial charge < -0.3 is 15.2 Å². The average molecular weight is 273 g/mol. The minimum atomic E-state index is -0.799. The molecule has 4 heteroatoms. The summed E-state index contributed by atoms with van der Waals surface area (Å²) in [6.45, 7) is 10.3. The van der Waals surface area contributed by atoms with E-state index in [1.54, 1.807) is 6.92 Å². The van der Waals surface area contributed by atoms with Gasteiger partial charge in [-0.25, -0.2) is 0 Å². The van der Waals surface area contributed by atoms with Crippen molar-refractivity contribution in [3.63, 3.8) is 0 Å². The topological polar surface area (TPSA) is 58.6 Å². The summed E-state index contributed by atoms with van der Waals surface area (Å²) in [7, 11) is 0. The smallest absolute Gasteiger partial charge is 0.323 e.